The number of thioether (sulfide) groups is 1. The second-order valence-electron chi connectivity index (χ2n) is 4.97. The molecule has 7 heteroatoms. The van der Waals surface area contributed by atoms with Crippen molar-refractivity contribution in [3.8, 4) is 5.75 Å². The molecule has 2 aromatic carbocycles. The summed E-state index contributed by atoms with van der Waals surface area (Å²) in [5.41, 5.74) is 1.65. The van der Waals surface area contributed by atoms with Crippen molar-refractivity contribution in [3.63, 3.8) is 0 Å². The van der Waals surface area contributed by atoms with E-state index in [9.17, 15) is 14.9 Å². The Morgan fingerprint density at radius 1 is 1.17 bits per heavy atom. The number of non-ortho nitro benzene ring substituents is 1. The van der Waals surface area contributed by atoms with Crippen LogP contribution in [0.2, 0.25) is 0 Å². The van der Waals surface area contributed by atoms with Gasteiger partial charge in [0, 0.05) is 17.8 Å². The van der Waals surface area contributed by atoms with E-state index in [4.69, 9.17) is 4.74 Å². The Morgan fingerprint density at radius 3 is 2.39 bits per heavy atom. The molecule has 1 aliphatic rings. The molecule has 0 radical (unpaired) electrons. The highest BCUT2D eigenvalue weighted by molar-refractivity contribution is 8.00. The van der Waals surface area contributed by atoms with E-state index in [1.54, 1.807) is 24.1 Å². The molecule has 3 rings (SSSR count). The molecule has 6 nitrogen and oxygen atoms in total. The van der Waals surface area contributed by atoms with Crippen molar-refractivity contribution in [2.24, 2.45) is 0 Å². The number of hydrogen-bond donors (Lipinski definition) is 0. The Hall–Kier alpha value is -2.54. The van der Waals surface area contributed by atoms with Crippen LogP contribution in [0.5, 0.6) is 5.75 Å². The Morgan fingerprint density at radius 2 is 1.83 bits per heavy atom. The second-order valence-corrected chi connectivity index (χ2v) is 6.04. The average molecular weight is 330 g/mol. The summed E-state index contributed by atoms with van der Waals surface area (Å²) in [6, 6.07) is 13.6. The molecule has 2 aromatic rings. The molecule has 0 N–H and O–H groups in total. The van der Waals surface area contributed by atoms with Crippen LogP contribution in [-0.4, -0.2) is 23.7 Å². The summed E-state index contributed by atoms with van der Waals surface area (Å²) >= 11 is 1.53. The molecule has 1 amide bonds. The summed E-state index contributed by atoms with van der Waals surface area (Å²) in [6.45, 7) is 0. The second kappa shape index (κ2) is 6.29. The molecule has 0 saturated carbocycles. The number of methoxy groups -OCH3 is 1. The van der Waals surface area contributed by atoms with Crippen LogP contribution in [-0.2, 0) is 4.79 Å². The number of carbonyl (C=O) groups is 1. The first-order valence-corrected chi connectivity index (χ1v) is 7.97. The van der Waals surface area contributed by atoms with Crippen LogP contribution in [0.15, 0.2) is 48.5 Å². The van der Waals surface area contributed by atoms with Gasteiger partial charge >= 0.3 is 0 Å². The molecule has 1 heterocycles. The van der Waals surface area contributed by atoms with Crippen molar-refractivity contribution in [2.45, 2.75) is 5.37 Å². The highest BCUT2D eigenvalue weighted by atomic mass is 32.2. The third-order valence-electron chi connectivity index (χ3n) is 3.61. The number of amides is 1. The van der Waals surface area contributed by atoms with Crippen molar-refractivity contribution >= 4 is 29.0 Å². The van der Waals surface area contributed by atoms with Gasteiger partial charge in [0.1, 0.15) is 11.1 Å². The zero-order chi connectivity index (χ0) is 16.4. The molecule has 118 valence electrons. The van der Waals surface area contributed by atoms with E-state index < -0.39 is 4.92 Å². The fraction of sp³-hybridized carbons (Fsp3) is 0.188. The standard InChI is InChI=1S/C16H14N2O4S/c1-22-14-8-2-11(3-9-14)16-17(15(19)10-23-16)12-4-6-13(7-5-12)18(20)21/h2-9,16H,10H2,1H3. The van der Waals surface area contributed by atoms with Gasteiger partial charge in [0.05, 0.1) is 17.8 Å². The van der Waals surface area contributed by atoms with E-state index in [0.717, 1.165) is 11.3 Å². The summed E-state index contributed by atoms with van der Waals surface area (Å²) in [4.78, 5) is 24.2. The number of nitrogens with zero attached hydrogens (tertiary/aromatic N) is 2. The van der Waals surface area contributed by atoms with Crippen molar-refractivity contribution in [1.29, 1.82) is 0 Å². The predicted octanol–water partition coefficient (Wildman–Crippen LogP) is 3.38. The lowest BCUT2D eigenvalue weighted by molar-refractivity contribution is -0.384. The quantitative estimate of drug-likeness (QED) is 0.635. The zero-order valence-electron chi connectivity index (χ0n) is 12.3. The largest absolute Gasteiger partial charge is 0.497 e. The molecule has 23 heavy (non-hydrogen) atoms. The highest BCUT2D eigenvalue weighted by Gasteiger charge is 2.34. The van der Waals surface area contributed by atoms with Crippen LogP contribution in [0, 0.1) is 10.1 Å². The van der Waals surface area contributed by atoms with Gasteiger partial charge in [-0.2, -0.15) is 0 Å². The first-order chi connectivity index (χ1) is 11.1. The minimum atomic E-state index is -0.453. The maximum atomic E-state index is 12.2. The van der Waals surface area contributed by atoms with E-state index in [2.05, 4.69) is 0 Å². The number of ether oxygens (including phenoxy) is 1. The van der Waals surface area contributed by atoms with Gasteiger partial charge in [0.15, 0.2) is 0 Å². The Labute approximate surface area is 137 Å². The molecule has 0 aromatic heterocycles. The normalized spacial score (nSPS) is 17.3. The van der Waals surface area contributed by atoms with Crippen molar-refractivity contribution in [2.75, 3.05) is 17.8 Å². The Kier molecular flexibility index (Phi) is 4.20. The summed E-state index contributed by atoms with van der Waals surface area (Å²) in [5, 5.41) is 10.6. The lowest BCUT2D eigenvalue weighted by Gasteiger charge is -2.24. The average Bonchev–Trinajstić information content (AvgIpc) is 2.96. The molecule has 1 fully saturated rings. The molecule has 0 bridgehead atoms. The summed E-state index contributed by atoms with van der Waals surface area (Å²) < 4.78 is 5.15. The van der Waals surface area contributed by atoms with Crippen molar-refractivity contribution in [3.05, 3.63) is 64.2 Å². The van der Waals surface area contributed by atoms with Gasteiger partial charge in [-0.1, -0.05) is 12.1 Å². The third-order valence-corrected chi connectivity index (χ3v) is 4.82. The zero-order valence-corrected chi connectivity index (χ0v) is 13.2. The minimum Gasteiger partial charge on any atom is -0.497 e. The van der Waals surface area contributed by atoms with E-state index in [0.29, 0.717) is 11.4 Å². The fourth-order valence-electron chi connectivity index (χ4n) is 2.45. The predicted molar refractivity (Wildman–Crippen MR) is 88.8 cm³/mol. The molecule has 1 aliphatic heterocycles. The van der Waals surface area contributed by atoms with Crippen LogP contribution >= 0.6 is 11.8 Å². The van der Waals surface area contributed by atoms with E-state index in [1.807, 2.05) is 24.3 Å². The lowest BCUT2D eigenvalue weighted by atomic mass is 10.1. The summed E-state index contributed by atoms with van der Waals surface area (Å²) in [5.74, 6) is 1.13. The molecular weight excluding hydrogens is 316 g/mol. The number of carbonyl (C=O) groups excluding carboxylic acids is 1. The number of hydrogen-bond acceptors (Lipinski definition) is 5. The van der Waals surface area contributed by atoms with Gasteiger partial charge in [0.25, 0.3) is 5.69 Å². The van der Waals surface area contributed by atoms with Crippen molar-refractivity contribution < 1.29 is 14.5 Å². The number of benzene rings is 2. The smallest absolute Gasteiger partial charge is 0.269 e. The summed E-state index contributed by atoms with van der Waals surface area (Å²) in [7, 11) is 1.60. The van der Waals surface area contributed by atoms with Gasteiger partial charge in [-0.05, 0) is 29.8 Å². The first kappa shape index (κ1) is 15.4. The highest BCUT2D eigenvalue weighted by Crippen LogP contribution is 2.42. The molecule has 1 atom stereocenters. The number of nitro groups is 1. The van der Waals surface area contributed by atoms with Gasteiger partial charge in [-0.15, -0.1) is 11.8 Å². The van der Waals surface area contributed by atoms with Gasteiger partial charge in [-0.25, -0.2) is 0 Å². The lowest BCUT2D eigenvalue weighted by Crippen LogP contribution is -2.27. The van der Waals surface area contributed by atoms with Crippen LogP contribution < -0.4 is 9.64 Å². The topological polar surface area (TPSA) is 72.7 Å². The Balaban J connectivity index is 1.91. The Bertz CT molecular complexity index is 731. The van der Waals surface area contributed by atoms with E-state index >= 15 is 0 Å². The van der Waals surface area contributed by atoms with Gasteiger partial charge in [0.2, 0.25) is 5.91 Å². The molecular formula is C16H14N2O4S. The van der Waals surface area contributed by atoms with Gasteiger partial charge < -0.3 is 4.74 Å². The van der Waals surface area contributed by atoms with E-state index in [1.165, 1.54) is 23.9 Å². The van der Waals surface area contributed by atoms with Crippen LogP contribution in [0.3, 0.4) is 0 Å². The van der Waals surface area contributed by atoms with Gasteiger partial charge in [-0.3, -0.25) is 19.8 Å². The number of anilines is 1. The summed E-state index contributed by atoms with van der Waals surface area (Å²) in [6.07, 6.45) is 0. The number of nitro benzene ring substituents is 1. The SMILES string of the molecule is COc1ccc(C2SCC(=O)N2c2ccc([N+](=O)[O-])cc2)cc1. The molecule has 0 spiro atoms. The fourth-order valence-corrected chi connectivity index (χ4v) is 3.63. The van der Waals surface area contributed by atoms with Crippen LogP contribution in [0.4, 0.5) is 11.4 Å². The maximum absolute atomic E-state index is 12.2. The minimum absolute atomic E-state index is 0.00838. The number of rotatable bonds is 4. The first-order valence-electron chi connectivity index (χ1n) is 6.92. The molecule has 1 unspecified atom stereocenters. The van der Waals surface area contributed by atoms with Crippen LogP contribution in [0.25, 0.3) is 0 Å². The monoisotopic (exact) mass is 330 g/mol. The third kappa shape index (κ3) is 3.00. The van der Waals surface area contributed by atoms with E-state index in [-0.39, 0.29) is 17.0 Å². The molecule has 0 aliphatic carbocycles. The van der Waals surface area contributed by atoms with Crippen molar-refractivity contribution in [1.82, 2.24) is 0 Å². The maximum Gasteiger partial charge on any atom is 0.269 e. The van der Waals surface area contributed by atoms with Crippen LogP contribution in [0.1, 0.15) is 10.9 Å². The molecule has 1 saturated heterocycles.